The molecule has 8 rings (SSSR count). The van der Waals surface area contributed by atoms with Crippen molar-refractivity contribution in [1.29, 1.82) is 0 Å². The van der Waals surface area contributed by atoms with Gasteiger partial charge in [0.2, 0.25) is 0 Å². The summed E-state index contributed by atoms with van der Waals surface area (Å²) in [5.41, 5.74) is 2.74. The fraction of sp³-hybridized carbons (Fsp3) is 0.0909. The zero-order chi connectivity index (χ0) is 29.0. The maximum Gasteiger partial charge on any atom is 0.270 e. The summed E-state index contributed by atoms with van der Waals surface area (Å²) in [6.45, 7) is 4.12. The van der Waals surface area contributed by atoms with Gasteiger partial charge in [0.1, 0.15) is 0 Å². The quantitative estimate of drug-likeness (QED) is 0.242. The monoisotopic (exact) mass is 562 g/mol. The van der Waals surface area contributed by atoms with Crippen molar-refractivity contribution in [1.82, 2.24) is 49.1 Å². The zero-order valence-electron chi connectivity index (χ0n) is 23.5. The molecule has 0 N–H and O–H groups in total. The molecule has 4 aromatic heterocycles. The SMILES string of the molecule is CC(C)(n1nc(-n2cc3ccccc3n2)nc1-c1ccccc1)n1nc(-n2cc3ccccc3n2)nc1-c1ccccc1. The Kier molecular flexibility index (Phi) is 5.54. The fourth-order valence-corrected chi connectivity index (χ4v) is 5.33. The van der Waals surface area contributed by atoms with Crippen LogP contribution in [0.3, 0.4) is 0 Å². The molecule has 208 valence electrons. The Morgan fingerprint density at radius 3 is 1.28 bits per heavy atom. The van der Waals surface area contributed by atoms with Gasteiger partial charge in [-0.1, -0.05) is 97.1 Å². The molecule has 0 bridgehead atoms. The summed E-state index contributed by atoms with van der Waals surface area (Å²) >= 11 is 0. The van der Waals surface area contributed by atoms with Gasteiger partial charge in [-0.25, -0.2) is 18.7 Å². The molecule has 8 aromatic rings. The highest BCUT2D eigenvalue weighted by molar-refractivity contribution is 5.79. The van der Waals surface area contributed by atoms with Gasteiger partial charge >= 0.3 is 0 Å². The Hall–Kier alpha value is -5.90. The van der Waals surface area contributed by atoms with Crippen molar-refractivity contribution in [3.63, 3.8) is 0 Å². The van der Waals surface area contributed by atoms with Crippen LogP contribution in [0.5, 0.6) is 0 Å². The van der Waals surface area contributed by atoms with Gasteiger partial charge in [-0.05, 0) is 26.0 Å². The van der Waals surface area contributed by atoms with Crippen LogP contribution in [0.25, 0.3) is 56.5 Å². The molecule has 4 aromatic carbocycles. The van der Waals surface area contributed by atoms with Crippen LogP contribution >= 0.6 is 0 Å². The van der Waals surface area contributed by atoms with E-state index in [0.29, 0.717) is 23.5 Å². The second kappa shape index (κ2) is 9.59. The minimum Gasteiger partial charge on any atom is -0.216 e. The average Bonchev–Trinajstić information content (AvgIpc) is 3.85. The van der Waals surface area contributed by atoms with Crippen LogP contribution in [0.2, 0.25) is 0 Å². The Balaban J connectivity index is 1.33. The molecular formula is C33H26N10. The van der Waals surface area contributed by atoms with Gasteiger partial charge in [-0.15, -0.1) is 10.2 Å². The summed E-state index contributed by atoms with van der Waals surface area (Å²) in [6.07, 6.45) is 3.89. The third-order valence-corrected chi connectivity index (χ3v) is 7.53. The van der Waals surface area contributed by atoms with Crippen molar-refractivity contribution in [2.75, 3.05) is 0 Å². The smallest absolute Gasteiger partial charge is 0.216 e. The predicted octanol–water partition coefficient (Wildman–Crippen LogP) is 6.12. The van der Waals surface area contributed by atoms with E-state index < -0.39 is 5.66 Å². The van der Waals surface area contributed by atoms with Gasteiger partial charge in [-0.2, -0.15) is 20.2 Å². The molecule has 0 aliphatic heterocycles. The Morgan fingerprint density at radius 2 is 0.860 bits per heavy atom. The first-order valence-corrected chi connectivity index (χ1v) is 14.0. The number of fused-ring (bicyclic) bond motifs is 2. The third-order valence-electron chi connectivity index (χ3n) is 7.53. The second-order valence-corrected chi connectivity index (χ2v) is 10.8. The van der Waals surface area contributed by atoms with Crippen molar-refractivity contribution < 1.29 is 0 Å². The minimum atomic E-state index is -0.855. The molecule has 0 spiro atoms. The lowest BCUT2D eigenvalue weighted by atomic mass is 10.1. The average molecular weight is 563 g/mol. The van der Waals surface area contributed by atoms with E-state index in [4.69, 9.17) is 30.4 Å². The van der Waals surface area contributed by atoms with Gasteiger partial charge in [0, 0.05) is 34.3 Å². The van der Waals surface area contributed by atoms with Crippen LogP contribution in [-0.4, -0.2) is 49.1 Å². The molecule has 0 saturated carbocycles. The van der Waals surface area contributed by atoms with Gasteiger partial charge in [0.15, 0.2) is 17.3 Å². The van der Waals surface area contributed by atoms with E-state index in [1.165, 1.54) is 0 Å². The van der Waals surface area contributed by atoms with E-state index in [0.717, 1.165) is 32.9 Å². The Morgan fingerprint density at radius 1 is 0.465 bits per heavy atom. The summed E-state index contributed by atoms with van der Waals surface area (Å²) in [5, 5.41) is 21.6. The van der Waals surface area contributed by atoms with Crippen molar-refractivity contribution in [2.45, 2.75) is 19.5 Å². The molecule has 0 atom stereocenters. The van der Waals surface area contributed by atoms with Crippen LogP contribution < -0.4 is 0 Å². The maximum absolute atomic E-state index is 5.05. The zero-order valence-corrected chi connectivity index (χ0v) is 23.5. The third kappa shape index (κ3) is 4.19. The standard InChI is InChI=1S/C33H26N10/c1-33(2,42-29(23-13-5-3-6-14-23)34-31(38-42)40-21-25-17-9-11-19-27(25)36-40)43-30(24-15-7-4-8-16-24)35-32(39-43)41-22-26-18-10-12-20-28(26)37-41/h3-22H,1-2H3. The lowest BCUT2D eigenvalue weighted by Crippen LogP contribution is -2.38. The van der Waals surface area contributed by atoms with E-state index in [1.54, 1.807) is 9.36 Å². The van der Waals surface area contributed by atoms with Gasteiger partial charge in [0.05, 0.1) is 11.0 Å². The number of hydrogen-bond acceptors (Lipinski definition) is 6. The normalized spacial score (nSPS) is 12.0. The second-order valence-electron chi connectivity index (χ2n) is 10.8. The molecule has 0 unspecified atom stereocenters. The summed E-state index contributed by atoms with van der Waals surface area (Å²) in [4.78, 5) is 10.0. The molecule has 0 fully saturated rings. The predicted molar refractivity (Wildman–Crippen MR) is 165 cm³/mol. The lowest BCUT2D eigenvalue weighted by molar-refractivity contribution is 0.240. The molecular weight excluding hydrogens is 536 g/mol. The lowest BCUT2D eigenvalue weighted by Gasteiger charge is -2.28. The highest BCUT2D eigenvalue weighted by atomic mass is 15.6. The number of hydrogen-bond donors (Lipinski definition) is 0. The summed E-state index contributed by atoms with van der Waals surface area (Å²) in [6, 6.07) is 36.0. The number of aromatic nitrogens is 10. The molecule has 0 amide bonds. The molecule has 10 nitrogen and oxygen atoms in total. The van der Waals surface area contributed by atoms with Crippen LogP contribution in [0.15, 0.2) is 122 Å². The highest BCUT2D eigenvalue weighted by Crippen LogP contribution is 2.31. The molecule has 0 saturated heterocycles. The Bertz CT molecular complexity index is 1990. The summed E-state index contributed by atoms with van der Waals surface area (Å²) < 4.78 is 7.25. The van der Waals surface area contributed by atoms with Crippen molar-refractivity contribution in [2.24, 2.45) is 0 Å². The van der Waals surface area contributed by atoms with Gasteiger partial charge < -0.3 is 0 Å². The molecule has 0 radical (unpaired) electrons. The number of nitrogens with zero attached hydrogens (tertiary/aromatic N) is 10. The van der Waals surface area contributed by atoms with E-state index in [-0.39, 0.29) is 0 Å². The van der Waals surface area contributed by atoms with Crippen molar-refractivity contribution in [3.05, 3.63) is 122 Å². The first-order valence-electron chi connectivity index (χ1n) is 14.0. The van der Waals surface area contributed by atoms with E-state index >= 15 is 0 Å². The van der Waals surface area contributed by atoms with Crippen LogP contribution in [0.1, 0.15) is 13.8 Å². The molecule has 0 aliphatic rings. The van der Waals surface area contributed by atoms with Crippen LogP contribution in [0.4, 0.5) is 0 Å². The van der Waals surface area contributed by atoms with E-state index in [1.807, 2.05) is 131 Å². The maximum atomic E-state index is 5.05. The van der Waals surface area contributed by atoms with Gasteiger partial charge in [0.25, 0.3) is 11.9 Å². The fourth-order valence-electron chi connectivity index (χ4n) is 5.33. The summed E-state index contributed by atoms with van der Waals surface area (Å²) in [5.74, 6) is 2.29. The van der Waals surface area contributed by atoms with Crippen molar-refractivity contribution in [3.8, 4) is 34.7 Å². The first-order chi connectivity index (χ1) is 21.0. The van der Waals surface area contributed by atoms with Crippen LogP contribution in [-0.2, 0) is 5.66 Å². The first kappa shape index (κ1) is 24.9. The van der Waals surface area contributed by atoms with Crippen molar-refractivity contribution >= 4 is 21.8 Å². The van der Waals surface area contributed by atoms with Crippen LogP contribution in [0, 0.1) is 0 Å². The molecule has 4 heterocycles. The van der Waals surface area contributed by atoms with Gasteiger partial charge in [-0.3, -0.25) is 0 Å². The molecule has 0 aliphatic carbocycles. The number of benzene rings is 4. The summed E-state index contributed by atoms with van der Waals surface area (Å²) in [7, 11) is 0. The number of rotatable bonds is 6. The van der Waals surface area contributed by atoms with E-state index in [2.05, 4.69) is 13.8 Å². The largest absolute Gasteiger partial charge is 0.270 e. The topological polar surface area (TPSA) is 97.1 Å². The van der Waals surface area contributed by atoms with E-state index in [9.17, 15) is 0 Å². The molecule has 10 heteroatoms. The highest BCUT2D eigenvalue weighted by Gasteiger charge is 2.34. The minimum absolute atomic E-state index is 0.461. The molecule has 43 heavy (non-hydrogen) atoms. The Labute approximate surface area is 246 Å².